The van der Waals surface area contributed by atoms with Gasteiger partial charge >= 0.3 is 0 Å². The van der Waals surface area contributed by atoms with E-state index in [2.05, 4.69) is 22.0 Å². The molecule has 1 N–H and O–H groups in total. The lowest BCUT2D eigenvalue weighted by atomic mass is 10.1. The topological polar surface area (TPSA) is 48.7 Å². The number of fused-ring (bicyclic) bond motifs is 1. The van der Waals surface area contributed by atoms with E-state index in [1.165, 1.54) is 44.7 Å². The van der Waals surface area contributed by atoms with Gasteiger partial charge in [-0.25, -0.2) is 9.37 Å². The standard InChI is InChI=1S/C24H33FN6S/c1-2-12-29-13-15-30(16-14-29)24-28-31-22(26-20-10-5-3-4-6-11-20)21(27-23(31)32-24)18-8-7-9-19(25)17-18/h7-9,17,20,26H,2-6,10-16H2,1H3. The second-order valence-corrected chi connectivity index (χ2v) is 9.99. The van der Waals surface area contributed by atoms with E-state index in [4.69, 9.17) is 10.1 Å². The molecule has 1 saturated heterocycles. The number of benzene rings is 1. The van der Waals surface area contributed by atoms with Gasteiger partial charge < -0.3 is 10.2 Å². The van der Waals surface area contributed by atoms with Gasteiger partial charge in [-0.2, -0.15) is 4.52 Å². The first-order chi connectivity index (χ1) is 15.7. The van der Waals surface area contributed by atoms with Crippen LogP contribution in [0.4, 0.5) is 15.3 Å². The Hall–Kier alpha value is -2.19. The maximum atomic E-state index is 14.0. The van der Waals surface area contributed by atoms with Gasteiger partial charge in [-0.3, -0.25) is 4.90 Å². The monoisotopic (exact) mass is 456 g/mol. The normalized spacial score (nSPS) is 18.9. The van der Waals surface area contributed by atoms with Crippen LogP contribution in [0.2, 0.25) is 0 Å². The SMILES string of the molecule is CCCN1CCN(c2nn3c(NC4CCCCCC4)c(-c4cccc(F)c4)nc3s2)CC1. The minimum absolute atomic E-state index is 0.238. The summed E-state index contributed by atoms with van der Waals surface area (Å²) in [7, 11) is 0. The van der Waals surface area contributed by atoms with Crippen LogP contribution in [-0.2, 0) is 0 Å². The van der Waals surface area contributed by atoms with Crippen molar-refractivity contribution in [1.82, 2.24) is 19.5 Å². The summed E-state index contributed by atoms with van der Waals surface area (Å²) in [4.78, 5) is 10.7. The molecule has 32 heavy (non-hydrogen) atoms. The maximum Gasteiger partial charge on any atom is 0.216 e. The van der Waals surface area contributed by atoms with E-state index in [1.807, 2.05) is 10.6 Å². The number of rotatable bonds is 6. The van der Waals surface area contributed by atoms with Crippen LogP contribution in [0.3, 0.4) is 0 Å². The molecule has 3 aromatic rings. The molecule has 0 radical (unpaired) electrons. The lowest BCUT2D eigenvalue weighted by Crippen LogP contribution is -2.46. The van der Waals surface area contributed by atoms with Crippen LogP contribution in [0.25, 0.3) is 16.2 Å². The average molecular weight is 457 g/mol. The predicted molar refractivity (Wildman–Crippen MR) is 130 cm³/mol. The predicted octanol–water partition coefficient (Wildman–Crippen LogP) is 5.26. The average Bonchev–Trinajstić information content (AvgIpc) is 3.24. The Balaban J connectivity index is 1.46. The minimum atomic E-state index is -0.238. The van der Waals surface area contributed by atoms with E-state index in [0.29, 0.717) is 6.04 Å². The number of piperazine rings is 1. The van der Waals surface area contributed by atoms with Crippen LogP contribution in [0.5, 0.6) is 0 Å². The number of nitrogens with zero attached hydrogens (tertiary/aromatic N) is 5. The third-order valence-corrected chi connectivity index (χ3v) is 7.64. The Morgan fingerprint density at radius 2 is 1.88 bits per heavy atom. The summed E-state index contributed by atoms with van der Waals surface area (Å²) in [6.45, 7) is 7.56. The molecule has 6 nitrogen and oxygen atoms in total. The van der Waals surface area contributed by atoms with Gasteiger partial charge in [0.25, 0.3) is 0 Å². The molecule has 1 saturated carbocycles. The molecule has 0 bridgehead atoms. The van der Waals surface area contributed by atoms with Crippen molar-refractivity contribution < 1.29 is 4.39 Å². The summed E-state index contributed by atoms with van der Waals surface area (Å²) in [5, 5.41) is 9.78. The molecule has 2 aromatic heterocycles. The maximum absolute atomic E-state index is 14.0. The van der Waals surface area contributed by atoms with Crippen LogP contribution in [-0.4, -0.2) is 58.3 Å². The molecular weight excluding hydrogens is 423 g/mol. The zero-order valence-corrected chi connectivity index (χ0v) is 19.7. The van der Waals surface area contributed by atoms with Gasteiger partial charge in [-0.1, -0.05) is 56.1 Å². The van der Waals surface area contributed by atoms with Gasteiger partial charge in [0.15, 0.2) is 5.82 Å². The number of aromatic nitrogens is 3. The van der Waals surface area contributed by atoms with Crippen molar-refractivity contribution in [2.24, 2.45) is 0 Å². The summed E-state index contributed by atoms with van der Waals surface area (Å²) < 4.78 is 16.0. The molecule has 2 aliphatic rings. The highest BCUT2D eigenvalue weighted by molar-refractivity contribution is 7.20. The number of nitrogens with one attached hydrogen (secondary N) is 1. The van der Waals surface area contributed by atoms with Crippen LogP contribution >= 0.6 is 11.3 Å². The van der Waals surface area contributed by atoms with Gasteiger partial charge in [-0.05, 0) is 37.9 Å². The Labute approximate surface area is 193 Å². The van der Waals surface area contributed by atoms with E-state index >= 15 is 0 Å². The molecule has 2 fully saturated rings. The quantitative estimate of drug-likeness (QED) is 0.513. The fraction of sp³-hybridized carbons (Fsp3) is 0.583. The second-order valence-electron chi connectivity index (χ2n) is 9.06. The number of hydrogen-bond donors (Lipinski definition) is 1. The molecule has 1 aliphatic carbocycles. The lowest BCUT2D eigenvalue weighted by molar-refractivity contribution is 0.258. The zero-order valence-electron chi connectivity index (χ0n) is 18.9. The van der Waals surface area contributed by atoms with Crippen molar-refractivity contribution in [2.75, 3.05) is 42.9 Å². The van der Waals surface area contributed by atoms with Crippen molar-refractivity contribution in [2.45, 2.75) is 57.9 Å². The van der Waals surface area contributed by atoms with E-state index in [0.717, 1.165) is 66.2 Å². The van der Waals surface area contributed by atoms with Crippen molar-refractivity contribution >= 4 is 27.2 Å². The Bertz CT molecular complexity index is 1030. The third-order valence-electron chi connectivity index (χ3n) is 6.67. The smallest absolute Gasteiger partial charge is 0.216 e. The molecular formula is C24H33FN6S. The summed E-state index contributed by atoms with van der Waals surface area (Å²) in [5.74, 6) is 0.669. The van der Waals surface area contributed by atoms with Crippen molar-refractivity contribution in [3.63, 3.8) is 0 Å². The summed E-state index contributed by atoms with van der Waals surface area (Å²) >= 11 is 1.63. The Morgan fingerprint density at radius 1 is 1.09 bits per heavy atom. The van der Waals surface area contributed by atoms with Gasteiger partial charge in [0, 0.05) is 37.8 Å². The van der Waals surface area contributed by atoms with Crippen molar-refractivity contribution in [3.8, 4) is 11.3 Å². The number of hydrogen-bond acceptors (Lipinski definition) is 6. The van der Waals surface area contributed by atoms with Gasteiger partial charge in [0.2, 0.25) is 10.1 Å². The summed E-state index contributed by atoms with van der Waals surface area (Å²) in [5.41, 5.74) is 1.60. The highest BCUT2D eigenvalue weighted by Gasteiger charge is 2.25. The van der Waals surface area contributed by atoms with E-state index < -0.39 is 0 Å². The minimum Gasteiger partial charge on any atom is -0.365 e. The molecule has 3 heterocycles. The fourth-order valence-corrected chi connectivity index (χ4v) is 5.88. The highest BCUT2D eigenvalue weighted by atomic mass is 32.1. The number of anilines is 2. The van der Waals surface area contributed by atoms with Crippen LogP contribution in [0.15, 0.2) is 24.3 Å². The second kappa shape index (κ2) is 9.75. The van der Waals surface area contributed by atoms with Crippen LogP contribution in [0, 0.1) is 5.82 Å². The van der Waals surface area contributed by atoms with Crippen LogP contribution in [0.1, 0.15) is 51.9 Å². The fourth-order valence-electron chi connectivity index (χ4n) is 4.93. The Morgan fingerprint density at radius 3 is 2.59 bits per heavy atom. The zero-order chi connectivity index (χ0) is 21.9. The molecule has 0 spiro atoms. The van der Waals surface area contributed by atoms with Crippen molar-refractivity contribution in [1.29, 1.82) is 0 Å². The summed E-state index contributed by atoms with van der Waals surface area (Å²) in [6, 6.07) is 7.14. The molecule has 1 aromatic carbocycles. The molecule has 0 unspecified atom stereocenters. The van der Waals surface area contributed by atoms with Crippen LogP contribution < -0.4 is 10.2 Å². The molecule has 5 rings (SSSR count). The molecule has 0 amide bonds. The van der Waals surface area contributed by atoms with E-state index in [-0.39, 0.29) is 5.82 Å². The molecule has 8 heteroatoms. The van der Waals surface area contributed by atoms with E-state index in [1.54, 1.807) is 23.5 Å². The highest BCUT2D eigenvalue weighted by Crippen LogP contribution is 2.35. The van der Waals surface area contributed by atoms with Gasteiger partial charge in [-0.15, -0.1) is 5.10 Å². The molecule has 172 valence electrons. The van der Waals surface area contributed by atoms with Crippen molar-refractivity contribution in [3.05, 3.63) is 30.1 Å². The summed E-state index contributed by atoms with van der Waals surface area (Å²) in [6.07, 6.45) is 8.63. The third kappa shape index (κ3) is 4.62. The number of imidazole rings is 1. The first-order valence-electron chi connectivity index (χ1n) is 12.1. The largest absolute Gasteiger partial charge is 0.365 e. The van der Waals surface area contributed by atoms with Gasteiger partial charge in [0.05, 0.1) is 0 Å². The van der Waals surface area contributed by atoms with E-state index in [9.17, 15) is 4.39 Å². The number of halogens is 1. The van der Waals surface area contributed by atoms with Gasteiger partial charge in [0.1, 0.15) is 11.5 Å². The first-order valence-corrected chi connectivity index (χ1v) is 12.9. The molecule has 0 atom stereocenters. The lowest BCUT2D eigenvalue weighted by Gasteiger charge is -2.34. The Kier molecular flexibility index (Phi) is 6.59. The first kappa shape index (κ1) is 21.6. The molecule has 1 aliphatic heterocycles.